The molecule has 1 aliphatic heterocycles. The average Bonchev–Trinajstić information content (AvgIpc) is 3.19. The number of nitrogens with one attached hydrogen (secondary N) is 1. The Labute approximate surface area is 170 Å². The first-order chi connectivity index (χ1) is 13.4. The van der Waals surface area contributed by atoms with Gasteiger partial charge in [-0.25, -0.2) is 0 Å². The molecule has 3 rings (SSSR count). The molecule has 2 atom stereocenters. The van der Waals surface area contributed by atoms with Crippen LogP contribution in [-0.4, -0.2) is 65.8 Å². The van der Waals surface area contributed by atoms with E-state index in [2.05, 4.69) is 19.2 Å². The molecular weight excluding hydrogens is 376 g/mol. The molecule has 2 aliphatic rings. The topological polar surface area (TPSA) is 95.7 Å². The largest absolute Gasteiger partial charge is 0.353 e. The van der Waals surface area contributed by atoms with Crippen molar-refractivity contribution in [2.75, 3.05) is 26.2 Å². The van der Waals surface area contributed by atoms with Gasteiger partial charge in [0.15, 0.2) is 0 Å². The number of hydrogen-bond acceptors (Lipinski definition) is 5. The van der Waals surface area contributed by atoms with Crippen molar-refractivity contribution in [1.82, 2.24) is 15.1 Å². The highest BCUT2D eigenvalue weighted by Gasteiger charge is 2.46. The number of hydrogen-bond donors (Lipinski definition) is 2. The van der Waals surface area contributed by atoms with Gasteiger partial charge in [-0.2, -0.15) is 0 Å². The number of carbonyl (C=O) groups excluding carboxylic acids is 3. The van der Waals surface area contributed by atoms with Crippen molar-refractivity contribution in [3.05, 3.63) is 22.4 Å². The van der Waals surface area contributed by atoms with Crippen LogP contribution in [0.1, 0.15) is 42.8 Å². The van der Waals surface area contributed by atoms with Gasteiger partial charge in [0.2, 0.25) is 11.8 Å². The van der Waals surface area contributed by atoms with Crippen molar-refractivity contribution in [3.63, 3.8) is 0 Å². The van der Waals surface area contributed by atoms with Crippen molar-refractivity contribution in [2.24, 2.45) is 17.6 Å². The van der Waals surface area contributed by atoms with Crippen LogP contribution in [0, 0.1) is 11.8 Å². The highest BCUT2D eigenvalue weighted by Crippen LogP contribution is 2.35. The molecule has 3 amide bonds. The minimum atomic E-state index is -0.532. The lowest BCUT2D eigenvalue weighted by atomic mass is 10.1. The van der Waals surface area contributed by atoms with Crippen molar-refractivity contribution < 1.29 is 14.4 Å². The highest BCUT2D eigenvalue weighted by molar-refractivity contribution is 7.12. The van der Waals surface area contributed by atoms with Gasteiger partial charge >= 0.3 is 0 Å². The van der Waals surface area contributed by atoms with Gasteiger partial charge in [0.05, 0.1) is 10.9 Å². The van der Waals surface area contributed by atoms with E-state index in [0.717, 1.165) is 12.8 Å². The van der Waals surface area contributed by atoms with Crippen LogP contribution in [-0.2, 0) is 9.59 Å². The first-order valence-corrected chi connectivity index (χ1v) is 10.9. The highest BCUT2D eigenvalue weighted by atomic mass is 32.1. The van der Waals surface area contributed by atoms with E-state index in [0.29, 0.717) is 43.4 Å². The monoisotopic (exact) mass is 406 g/mol. The molecule has 2 fully saturated rings. The fraction of sp³-hybridized carbons (Fsp3) is 0.650. The van der Waals surface area contributed by atoms with Crippen molar-refractivity contribution in [2.45, 2.75) is 45.2 Å². The fourth-order valence-corrected chi connectivity index (χ4v) is 4.42. The second-order valence-electron chi connectivity index (χ2n) is 8.08. The van der Waals surface area contributed by atoms with E-state index in [-0.39, 0.29) is 29.7 Å². The number of nitrogens with two attached hydrogens (primary N) is 1. The number of likely N-dealkylation sites (tertiary alicyclic amines) is 1. The summed E-state index contributed by atoms with van der Waals surface area (Å²) >= 11 is 1.42. The molecule has 28 heavy (non-hydrogen) atoms. The summed E-state index contributed by atoms with van der Waals surface area (Å²) in [6, 6.07) is 3.00. The van der Waals surface area contributed by atoms with Gasteiger partial charge in [0.1, 0.15) is 6.04 Å². The van der Waals surface area contributed by atoms with Crippen LogP contribution >= 0.6 is 11.3 Å². The SMILES string of the molecule is CC(C)CN(C(=O)c1cccs1)C1CC(C(=O)NCCN)N(C(=O)C2CC2)C1. The Hall–Kier alpha value is -1.93. The maximum absolute atomic E-state index is 13.1. The predicted octanol–water partition coefficient (Wildman–Crippen LogP) is 1.30. The summed E-state index contributed by atoms with van der Waals surface area (Å²) in [6.07, 6.45) is 2.25. The third kappa shape index (κ3) is 4.72. The lowest BCUT2D eigenvalue weighted by Gasteiger charge is -2.30. The zero-order chi connectivity index (χ0) is 20.3. The Morgan fingerprint density at radius 1 is 1.36 bits per heavy atom. The molecule has 154 valence electrons. The van der Waals surface area contributed by atoms with E-state index >= 15 is 0 Å². The Morgan fingerprint density at radius 2 is 2.11 bits per heavy atom. The minimum Gasteiger partial charge on any atom is -0.353 e. The van der Waals surface area contributed by atoms with Gasteiger partial charge < -0.3 is 20.9 Å². The van der Waals surface area contributed by atoms with Gasteiger partial charge in [0, 0.05) is 32.1 Å². The number of nitrogens with zero attached hydrogens (tertiary/aromatic N) is 2. The van der Waals surface area contributed by atoms with E-state index in [1.54, 1.807) is 4.90 Å². The van der Waals surface area contributed by atoms with Crippen molar-refractivity contribution >= 4 is 29.1 Å². The number of rotatable bonds is 8. The van der Waals surface area contributed by atoms with Crippen LogP contribution < -0.4 is 11.1 Å². The summed E-state index contributed by atoms with van der Waals surface area (Å²) in [4.78, 5) is 42.9. The molecular formula is C20H30N4O3S. The molecule has 7 nitrogen and oxygen atoms in total. The Bertz CT molecular complexity index is 702. The second-order valence-corrected chi connectivity index (χ2v) is 9.03. The molecule has 3 N–H and O–H groups in total. The lowest BCUT2D eigenvalue weighted by molar-refractivity contribution is -0.139. The van der Waals surface area contributed by atoms with Crippen molar-refractivity contribution in [1.29, 1.82) is 0 Å². The molecule has 1 aromatic rings. The second kappa shape index (κ2) is 9.05. The maximum Gasteiger partial charge on any atom is 0.264 e. The van der Waals surface area contributed by atoms with Crippen LogP contribution in [0.4, 0.5) is 0 Å². The van der Waals surface area contributed by atoms with E-state index in [4.69, 9.17) is 5.73 Å². The molecule has 1 saturated carbocycles. The van der Waals surface area contributed by atoms with E-state index in [9.17, 15) is 14.4 Å². The molecule has 0 bridgehead atoms. The fourth-order valence-electron chi connectivity index (χ4n) is 3.74. The van der Waals surface area contributed by atoms with E-state index < -0.39 is 6.04 Å². The van der Waals surface area contributed by atoms with Gasteiger partial charge in [-0.05, 0) is 36.6 Å². The normalized spacial score (nSPS) is 21.8. The number of carbonyl (C=O) groups is 3. The third-order valence-corrected chi connectivity index (χ3v) is 6.09. The molecule has 8 heteroatoms. The summed E-state index contributed by atoms with van der Waals surface area (Å²) in [6.45, 7) is 5.90. The van der Waals surface area contributed by atoms with Gasteiger partial charge in [-0.1, -0.05) is 19.9 Å². The molecule has 1 aliphatic carbocycles. The maximum atomic E-state index is 13.1. The molecule has 0 aromatic carbocycles. The van der Waals surface area contributed by atoms with Crippen LogP contribution in [0.3, 0.4) is 0 Å². The smallest absolute Gasteiger partial charge is 0.264 e. The van der Waals surface area contributed by atoms with Crippen LogP contribution in [0.25, 0.3) is 0 Å². The quantitative estimate of drug-likeness (QED) is 0.680. The molecule has 0 spiro atoms. The Morgan fingerprint density at radius 3 is 2.68 bits per heavy atom. The predicted molar refractivity (Wildman–Crippen MR) is 109 cm³/mol. The van der Waals surface area contributed by atoms with E-state index in [1.807, 2.05) is 22.4 Å². The summed E-state index contributed by atoms with van der Waals surface area (Å²) in [5, 5.41) is 4.71. The molecule has 2 heterocycles. The Balaban J connectivity index is 1.80. The standard InChI is InChI=1S/C20H30N4O3S/c1-13(2)11-23(20(27)17-4-3-9-28-17)15-10-16(18(25)22-8-7-21)24(12-15)19(26)14-5-6-14/h3-4,9,13-16H,5-8,10-12,21H2,1-2H3,(H,22,25). The third-order valence-electron chi connectivity index (χ3n) is 5.23. The number of thiophene rings is 1. The zero-order valence-electron chi connectivity index (χ0n) is 16.6. The zero-order valence-corrected chi connectivity index (χ0v) is 17.4. The van der Waals surface area contributed by atoms with E-state index in [1.165, 1.54) is 11.3 Å². The molecule has 1 aromatic heterocycles. The lowest BCUT2D eigenvalue weighted by Crippen LogP contribution is -2.47. The van der Waals surface area contributed by atoms with Crippen molar-refractivity contribution in [3.8, 4) is 0 Å². The summed E-state index contributed by atoms with van der Waals surface area (Å²) in [5.41, 5.74) is 5.51. The van der Waals surface area contributed by atoms with Gasteiger partial charge in [-0.3, -0.25) is 14.4 Å². The Kier molecular flexibility index (Phi) is 6.72. The summed E-state index contributed by atoms with van der Waals surface area (Å²) in [5.74, 6) is 0.186. The average molecular weight is 407 g/mol. The van der Waals surface area contributed by atoms with Crippen LogP contribution in [0.2, 0.25) is 0 Å². The first kappa shape index (κ1) is 20.8. The molecule has 0 radical (unpaired) electrons. The summed E-state index contributed by atoms with van der Waals surface area (Å²) in [7, 11) is 0. The van der Waals surface area contributed by atoms with Crippen LogP contribution in [0.5, 0.6) is 0 Å². The number of amides is 3. The van der Waals surface area contributed by atoms with Crippen LogP contribution in [0.15, 0.2) is 17.5 Å². The minimum absolute atomic E-state index is 0.0180. The van der Waals surface area contributed by atoms with Gasteiger partial charge in [0.25, 0.3) is 5.91 Å². The first-order valence-electron chi connectivity index (χ1n) is 10.0. The molecule has 2 unspecified atom stereocenters. The van der Waals surface area contributed by atoms with Gasteiger partial charge in [-0.15, -0.1) is 11.3 Å². The summed E-state index contributed by atoms with van der Waals surface area (Å²) < 4.78 is 0. The molecule has 1 saturated heterocycles.